The Morgan fingerprint density at radius 2 is 1.88 bits per heavy atom. The molecule has 1 aromatic rings. The predicted octanol–water partition coefficient (Wildman–Crippen LogP) is 4.09. The van der Waals surface area contributed by atoms with Crippen LogP contribution in [0.5, 0.6) is 0 Å². The Hall–Kier alpha value is -0.900. The highest BCUT2D eigenvalue weighted by atomic mass is 35.5. The highest BCUT2D eigenvalue weighted by Gasteiger charge is 2.07. The molecule has 6 heteroatoms. The van der Waals surface area contributed by atoms with Gasteiger partial charge in [0.15, 0.2) is 0 Å². The Morgan fingerprint density at radius 3 is 2.35 bits per heavy atom. The number of hydrogen-bond acceptors (Lipinski definition) is 2. The highest BCUT2D eigenvalue weighted by molar-refractivity contribution is 6.41. The summed E-state index contributed by atoms with van der Waals surface area (Å²) in [5.74, 6) is -0.988. The smallest absolute Gasteiger partial charge is 0.328 e. The molecule has 0 fully saturated rings. The largest absolute Gasteiger partial charge is 0.478 e. The number of aliphatic carboxylic acids is 1. The molecule has 0 spiro atoms. The summed E-state index contributed by atoms with van der Waals surface area (Å²) in [6.07, 6.45) is 1.12. The minimum atomic E-state index is -0.988. The molecule has 0 heterocycles. The molecule has 0 aliphatic rings. The van der Waals surface area contributed by atoms with Crippen molar-refractivity contribution in [1.29, 1.82) is 0 Å². The summed E-state index contributed by atoms with van der Waals surface area (Å²) in [6, 6.07) is 3.13. The molecule has 0 saturated heterocycles. The van der Waals surface area contributed by atoms with Crippen molar-refractivity contribution >= 4 is 46.5 Å². The van der Waals surface area contributed by atoms with Crippen molar-refractivity contribution in [3.05, 3.63) is 38.8 Å². The van der Waals surface area contributed by atoms with Gasteiger partial charge in [-0.15, -0.1) is 0 Å². The van der Waals surface area contributed by atoms with E-state index in [9.17, 15) is 4.79 Å². The van der Waals surface area contributed by atoms with Crippen molar-refractivity contribution in [2.45, 2.75) is 6.92 Å². The summed E-state index contributed by atoms with van der Waals surface area (Å²) in [4.78, 5) is 10.4. The number of benzene rings is 1. The molecule has 0 aromatic heterocycles. The number of carboxylic acids is 1. The summed E-state index contributed by atoms with van der Waals surface area (Å²) in [6.45, 7) is 2.03. The van der Waals surface area contributed by atoms with E-state index in [-0.39, 0.29) is 0 Å². The molecule has 2 N–H and O–H groups in total. The lowest BCUT2D eigenvalue weighted by Crippen LogP contribution is -2.05. The van der Waals surface area contributed by atoms with E-state index in [0.29, 0.717) is 32.9 Å². The Morgan fingerprint density at radius 1 is 1.35 bits per heavy atom. The van der Waals surface area contributed by atoms with E-state index in [1.807, 2.05) is 0 Å². The van der Waals surface area contributed by atoms with Gasteiger partial charge in [0.25, 0.3) is 0 Å². The molecule has 0 bridgehead atoms. The van der Waals surface area contributed by atoms with Gasteiger partial charge in [-0.1, -0.05) is 34.8 Å². The van der Waals surface area contributed by atoms with Crippen LogP contribution in [-0.4, -0.2) is 17.6 Å². The Balaban J connectivity index is 2.80. The van der Waals surface area contributed by atoms with Gasteiger partial charge in [-0.05, 0) is 24.6 Å². The minimum Gasteiger partial charge on any atom is -0.478 e. The lowest BCUT2D eigenvalue weighted by Gasteiger charge is -2.10. The fourth-order valence-electron chi connectivity index (χ4n) is 1.20. The summed E-state index contributed by atoms with van der Waals surface area (Å²) in [5.41, 5.74) is 1.19. The first-order chi connectivity index (χ1) is 7.90. The molecule has 17 heavy (non-hydrogen) atoms. The van der Waals surface area contributed by atoms with E-state index in [2.05, 4.69) is 5.32 Å². The van der Waals surface area contributed by atoms with Crippen LogP contribution < -0.4 is 5.32 Å². The van der Waals surface area contributed by atoms with E-state index >= 15 is 0 Å². The summed E-state index contributed by atoms with van der Waals surface area (Å²) in [5, 5.41) is 12.7. The lowest BCUT2D eigenvalue weighted by molar-refractivity contribution is -0.131. The van der Waals surface area contributed by atoms with Gasteiger partial charge in [0, 0.05) is 17.6 Å². The average Bonchev–Trinajstić information content (AvgIpc) is 2.14. The van der Waals surface area contributed by atoms with Gasteiger partial charge >= 0.3 is 5.97 Å². The molecule has 92 valence electrons. The molecule has 0 amide bonds. The molecule has 1 rings (SSSR count). The zero-order valence-corrected chi connectivity index (χ0v) is 11.2. The Bertz CT molecular complexity index is 449. The number of halogens is 3. The van der Waals surface area contributed by atoms with E-state index in [1.165, 1.54) is 0 Å². The number of nitrogens with one attached hydrogen (secondary N) is 1. The van der Waals surface area contributed by atoms with Crippen LogP contribution in [0.4, 0.5) is 5.69 Å². The van der Waals surface area contributed by atoms with E-state index in [1.54, 1.807) is 19.1 Å². The minimum absolute atomic E-state index is 0.341. The highest BCUT2D eigenvalue weighted by Crippen LogP contribution is 2.33. The maximum atomic E-state index is 10.4. The van der Waals surface area contributed by atoms with Crippen molar-refractivity contribution in [3.63, 3.8) is 0 Å². The van der Waals surface area contributed by atoms with E-state index < -0.39 is 5.97 Å². The van der Waals surface area contributed by atoms with Gasteiger partial charge in [0.05, 0.1) is 15.7 Å². The zero-order valence-electron chi connectivity index (χ0n) is 8.93. The summed E-state index contributed by atoms with van der Waals surface area (Å²) < 4.78 is 0. The third kappa shape index (κ3) is 4.46. The summed E-state index contributed by atoms with van der Waals surface area (Å²) >= 11 is 17.7. The van der Waals surface area contributed by atoms with Crippen LogP contribution in [0.25, 0.3) is 0 Å². The van der Waals surface area contributed by atoms with Gasteiger partial charge in [0.1, 0.15) is 0 Å². The third-order valence-electron chi connectivity index (χ3n) is 1.92. The molecule has 0 atom stereocenters. The monoisotopic (exact) mass is 293 g/mol. The summed E-state index contributed by atoms with van der Waals surface area (Å²) in [7, 11) is 0. The number of carbonyl (C=O) groups is 1. The van der Waals surface area contributed by atoms with Gasteiger partial charge in [-0.3, -0.25) is 0 Å². The molecule has 0 saturated carbocycles. The quantitative estimate of drug-likeness (QED) is 0.822. The number of hydrogen-bond donors (Lipinski definition) is 2. The second-order valence-corrected chi connectivity index (χ2v) is 4.68. The SMILES string of the molecule is CC(=CC(=O)O)CNc1c(Cl)cc(Cl)cc1Cl. The van der Waals surface area contributed by atoms with Crippen molar-refractivity contribution in [2.75, 3.05) is 11.9 Å². The molecular formula is C11H10Cl3NO2. The van der Waals surface area contributed by atoms with Crippen molar-refractivity contribution in [1.82, 2.24) is 0 Å². The van der Waals surface area contributed by atoms with Crippen LogP contribution in [0.2, 0.25) is 15.1 Å². The standard InChI is InChI=1S/C11H10Cl3NO2/c1-6(2-10(16)17)5-15-11-8(13)3-7(12)4-9(11)14/h2-4,15H,5H2,1H3,(H,16,17). The van der Waals surface area contributed by atoms with E-state index in [4.69, 9.17) is 39.9 Å². The van der Waals surface area contributed by atoms with Crippen LogP contribution in [0.15, 0.2) is 23.8 Å². The third-order valence-corrected chi connectivity index (χ3v) is 2.74. The first-order valence-electron chi connectivity index (χ1n) is 4.68. The van der Waals surface area contributed by atoms with Crippen LogP contribution in [0.1, 0.15) is 6.92 Å². The fourth-order valence-corrected chi connectivity index (χ4v) is 2.15. The molecule has 1 aromatic carbocycles. The molecule has 0 aliphatic heterocycles. The lowest BCUT2D eigenvalue weighted by atomic mass is 10.2. The fraction of sp³-hybridized carbons (Fsp3) is 0.182. The molecule has 0 unspecified atom stereocenters. The van der Waals surface area contributed by atoms with Crippen molar-refractivity contribution in [2.24, 2.45) is 0 Å². The number of rotatable bonds is 4. The zero-order chi connectivity index (χ0) is 13.0. The molecular weight excluding hydrogens is 284 g/mol. The van der Waals surface area contributed by atoms with Gasteiger partial charge in [0.2, 0.25) is 0 Å². The normalized spacial score (nSPS) is 11.4. The Labute approximate surface area is 114 Å². The topological polar surface area (TPSA) is 49.3 Å². The average molecular weight is 295 g/mol. The maximum Gasteiger partial charge on any atom is 0.328 e. The van der Waals surface area contributed by atoms with Crippen LogP contribution in [-0.2, 0) is 4.79 Å². The van der Waals surface area contributed by atoms with Crippen LogP contribution in [0.3, 0.4) is 0 Å². The Kier molecular flexibility index (Phi) is 5.12. The molecule has 0 radical (unpaired) electrons. The van der Waals surface area contributed by atoms with Crippen LogP contribution >= 0.6 is 34.8 Å². The van der Waals surface area contributed by atoms with Gasteiger partial charge < -0.3 is 10.4 Å². The second-order valence-electron chi connectivity index (χ2n) is 3.43. The predicted molar refractivity (Wildman–Crippen MR) is 71.4 cm³/mol. The number of anilines is 1. The maximum absolute atomic E-state index is 10.4. The van der Waals surface area contributed by atoms with E-state index in [0.717, 1.165) is 6.08 Å². The van der Waals surface area contributed by atoms with Crippen LogP contribution in [0, 0.1) is 0 Å². The number of carboxylic acid groups (broad SMARTS) is 1. The van der Waals surface area contributed by atoms with Gasteiger partial charge in [-0.25, -0.2) is 4.79 Å². The molecule has 3 nitrogen and oxygen atoms in total. The van der Waals surface area contributed by atoms with Gasteiger partial charge in [-0.2, -0.15) is 0 Å². The molecule has 0 aliphatic carbocycles. The first kappa shape index (κ1) is 14.2. The first-order valence-corrected chi connectivity index (χ1v) is 5.82. The van der Waals surface area contributed by atoms with Crippen molar-refractivity contribution in [3.8, 4) is 0 Å². The second kappa shape index (κ2) is 6.15. The van der Waals surface area contributed by atoms with Crippen molar-refractivity contribution < 1.29 is 9.90 Å².